The SMILES string of the molecule is CCCC(C)(CCCC(C)(C)C(=O)OCCOCCOc1cc([N+](=O)[O-])c(CO)cc1OC)C(=O)OCCOOC. The van der Waals surface area contributed by atoms with Gasteiger partial charge in [0.05, 0.1) is 61.4 Å². The molecule has 1 rings (SSSR count). The Balaban J connectivity index is 2.43. The minimum absolute atomic E-state index is 0.0473. The van der Waals surface area contributed by atoms with E-state index in [1.807, 2.05) is 13.8 Å². The van der Waals surface area contributed by atoms with Crippen LogP contribution in [0.2, 0.25) is 0 Å². The van der Waals surface area contributed by atoms with E-state index in [0.717, 1.165) is 6.42 Å². The lowest BCUT2D eigenvalue weighted by Gasteiger charge is -2.29. The van der Waals surface area contributed by atoms with E-state index in [2.05, 4.69) is 4.89 Å². The van der Waals surface area contributed by atoms with Crippen LogP contribution in [0, 0.1) is 20.9 Å². The summed E-state index contributed by atoms with van der Waals surface area (Å²) in [5.74, 6) is -0.259. The summed E-state index contributed by atoms with van der Waals surface area (Å²) in [5.41, 5.74) is -1.57. The molecule has 0 aliphatic heterocycles. The van der Waals surface area contributed by atoms with Gasteiger partial charge in [-0.2, -0.15) is 0 Å². The highest BCUT2D eigenvalue weighted by Crippen LogP contribution is 2.36. The maximum Gasteiger partial charge on any atom is 0.311 e. The normalized spacial score (nSPS) is 12.9. The topological polar surface area (TPSA) is 162 Å². The number of nitro groups is 1. The van der Waals surface area contributed by atoms with Crippen molar-refractivity contribution in [2.45, 2.75) is 66.4 Å². The zero-order valence-electron chi connectivity index (χ0n) is 25.0. The van der Waals surface area contributed by atoms with Crippen molar-refractivity contribution < 1.29 is 53.1 Å². The molecule has 1 aromatic carbocycles. The first kappa shape index (κ1) is 36.0. The van der Waals surface area contributed by atoms with Crippen molar-refractivity contribution in [2.24, 2.45) is 10.8 Å². The second-order valence-electron chi connectivity index (χ2n) is 10.3. The van der Waals surface area contributed by atoms with Gasteiger partial charge in [-0.25, -0.2) is 9.78 Å². The number of aliphatic hydroxyl groups excluding tert-OH is 1. The molecule has 13 nitrogen and oxygen atoms in total. The number of hydrogen-bond acceptors (Lipinski definition) is 12. The Bertz CT molecular complexity index is 968. The van der Waals surface area contributed by atoms with E-state index in [4.69, 9.17) is 28.6 Å². The van der Waals surface area contributed by atoms with Gasteiger partial charge in [0.2, 0.25) is 0 Å². The van der Waals surface area contributed by atoms with Crippen LogP contribution < -0.4 is 9.47 Å². The first-order valence-corrected chi connectivity index (χ1v) is 13.6. The van der Waals surface area contributed by atoms with Crippen LogP contribution >= 0.6 is 0 Å². The molecule has 0 fully saturated rings. The number of methoxy groups -OCH3 is 1. The van der Waals surface area contributed by atoms with Gasteiger partial charge >= 0.3 is 11.9 Å². The predicted molar refractivity (Wildman–Crippen MR) is 147 cm³/mol. The molecule has 0 saturated heterocycles. The third-order valence-corrected chi connectivity index (χ3v) is 6.57. The number of benzene rings is 1. The van der Waals surface area contributed by atoms with E-state index < -0.39 is 22.4 Å². The summed E-state index contributed by atoms with van der Waals surface area (Å²) in [6, 6.07) is 2.55. The quantitative estimate of drug-likeness (QED) is 0.0679. The van der Waals surface area contributed by atoms with Gasteiger partial charge in [-0.3, -0.25) is 19.7 Å². The summed E-state index contributed by atoms with van der Waals surface area (Å²) in [4.78, 5) is 45.2. The molecule has 0 radical (unpaired) electrons. The number of aliphatic hydroxyl groups is 1. The third kappa shape index (κ3) is 12.2. The van der Waals surface area contributed by atoms with E-state index >= 15 is 0 Å². The van der Waals surface area contributed by atoms with Gasteiger partial charge in [-0.15, -0.1) is 0 Å². The Morgan fingerprint density at radius 2 is 1.56 bits per heavy atom. The van der Waals surface area contributed by atoms with Crippen molar-refractivity contribution in [3.05, 3.63) is 27.8 Å². The van der Waals surface area contributed by atoms with Gasteiger partial charge < -0.3 is 28.8 Å². The third-order valence-electron chi connectivity index (χ3n) is 6.57. The van der Waals surface area contributed by atoms with Gasteiger partial charge in [-0.05, 0) is 46.1 Å². The summed E-state index contributed by atoms with van der Waals surface area (Å²) in [6.45, 7) is 7.64. The predicted octanol–water partition coefficient (Wildman–Crippen LogP) is 4.16. The Morgan fingerprint density at radius 1 is 0.902 bits per heavy atom. The van der Waals surface area contributed by atoms with Crippen molar-refractivity contribution in [3.63, 3.8) is 0 Å². The van der Waals surface area contributed by atoms with Gasteiger partial charge in [0, 0.05) is 0 Å². The molecule has 0 bridgehead atoms. The molecule has 234 valence electrons. The maximum atomic E-state index is 12.7. The minimum atomic E-state index is -0.752. The molecule has 1 atom stereocenters. The second kappa shape index (κ2) is 18.4. The number of nitro benzene ring substituents is 1. The highest BCUT2D eigenvalue weighted by molar-refractivity contribution is 5.77. The first-order valence-electron chi connectivity index (χ1n) is 13.6. The smallest absolute Gasteiger partial charge is 0.311 e. The van der Waals surface area contributed by atoms with Gasteiger partial charge in [-0.1, -0.05) is 19.8 Å². The lowest BCUT2D eigenvalue weighted by molar-refractivity contribution is -0.385. The van der Waals surface area contributed by atoms with Crippen LogP contribution in [-0.2, 0) is 40.2 Å². The molecule has 41 heavy (non-hydrogen) atoms. The fraction of sp³-hybridized carbons (Fsp3) is 0.714. The standard InChI is InChI=1S/C28H45NO12/c1-7-9-28(4,26(32)40-16-17-41-36-6)11-8-10-27(2,3)25(31)39-15-13-37-12-14-38-24-19-22(29(33)34)21(20-30)18-23(24)35-5/h18-19,30H,7-17,20H2,1-6H3. The monoisotopic (exact) mass is 587 g/mol. The highest BCUT2D eigenvalue weighted by Gasteiger charge is 2.36. The summed E-state index contributed by atoms with van der Waals surface area (Å²) in [7, 11) is 2.78. The van der Waals surface area contributed by atoms with Crippen LogP contribution in [0.3, 0.4) is 0 Å². The molecule has 0 saturated carbocycles. The summed E-state index contributed by atoms with van der Waals surface area (Å²) < 4.78 is 26.9. The molecule has 1 aromatic rings. The summed E-state index contributed by atoms with van der Waals surface area (Å²) in [6.07, 6.45) is 3.22. The number of rotatable bonds is 22. The number of ether oxygens (including phenoxy) is 5. The first-order chi connectivity index (χ1) is 19.5. The fourth-order valence-electron chi connectivity index (χ4n) is 4.19. The number of carbonyl (C=O) groups excluding carboxylic acids is 2. The van der Waals surface area contributed by atoms with Crippen LogP contribution in [0.4, 0.5) is 5.69 Å². The Labute approximate surface area is 241 Å². The van der Waals surface area contributed by atoms with Crippen LogP contribution in [0.15, 0.2) is 12.1 Å². The number of carbonyl (C=O) groups is 2. The van der Waals surface area contributed by atoms with E-state index in [9.17, 15) is 24.8 Å². The van der Waals surface area contributed by atoms with Crippen LogP contribution in [-0.4, -0.2) is 75.8 Å². The average molecular weight is 588 g/mol. The van der Waals surface area contributed by atoms with E-state index in [1.54, 1.807) is 13.8 Å². The molecule has 0 spiro atoms. The number of hydrogen-bond donors (Lipinski definition) is 1. The Morgan fingerprint density at radius 3 is 2.17 bits per heavy atom. The molecular weight excluding hydrogens is 542 g/mol. The second-order valence-corrected chi connectivity index (χ2v) is 10.3. The van der Waals surface area contributed by atoms with Gasteiger partial charge in [0.25, 0.3) is 5.69 Å². The molecule has 0 aliphatic rings. The molecule has 0 aromatic heterocycles. The number of nitrogens with zero attached hydrogens (tertiary/aromatic N) is 1. The van der Waals surface area contributed by atoms with Crippen LogP contribution in [0.25, 0.3) is 0 Å². The fourth-order valence-corrected chi connectivity index (χ4v) is 4.19. The van der Waals surface area contributed by atoms with Crippen LogP contribution in [0.1, 0.15) is 65.4 Å². The van der Waals surface area contributed by atoms with Crippen molar-refractivity contribution in [1.29, 1.82) is 0 Å². The van der Waals surface area contributed by atoms with Gasteiger partial charge in [0.1, 0.15) is 26.4 Å². The van der Waals surface area contributed by atoms with E-state index in [1.165, 1.54) is 26.4 Å². The highest BCUT2D eigenvalue weighted by atomic mass is 17.2. The molecule has 0 aliphatic carbocycles. The molecular formula is C28H45NO12. The molecule has 13 heteroatoms. The zero-order valence-corrected chi connectivity index (χ0v) is 25.0. The summed E-state index contributed by atoms with van der Waals surface area (Å²) >= 11 is 0. The Kier molecular flexibility index (Phi) is 16.2. The van der Waals surface area contributed by atoms with Crippen molar-refractivity contribution >= 4 is 17.6 Å². The molecule has 1 N–H and O–H groups in total. The number of esters is 2. The van der Waals surface area contributed by atoms with Gasteiger partial charge in [0.15, 0.2) is 11.5 Å². The molecule has 1 unspecified atom stereocenters. The van der Waals surface area contributed by atoms with E-state index in [0.29, 0.717) is 25.7 Å². The van der Waals surface area contributed by atoms with Crippen LogP contribution in [0.5, 0.6) is 11.5 Å². The lowest BCUT2D eigenvalue weighted by Crippen LogP contribution is -2.32. The molecule has 0 heterocycles. The molecule has 0 amide bonds. The summed E-state index contributed by atoms with van der Waals surface area (Å²) in [5, 5.41) is 20.6. The van der Waals surface area contributed by atoms with Crippen molar-refractivity contribution in [3.8, 4) is 11.5 Å². The lowest BCUT2D eigenvalue weighted by atomic mass is 9.78. The average Bonchev–Trinajstić information content (AvgIpc) is 2.93. The van der Waals surface area contributed by atoms with E-state index in [-0.39, 0.29) is 74.3 Å². The van der Waals surface area contributed by atoms with Crippen molar-refractivity contribution in [1.82, 2.24) is 0 Å². The minimum Gasteiger partial charge on any atom is -0.493 e. The largest absolute Gasteiger partial charge is 0.493 e. The Hall–Kier alpha value is -3.00. The maximum absolute atomic E-state index is 12.7. The zero-order chi connectivity index (χ0) is 30.9. The van der Waals surface area contributed by atoms with Crippen molar-refractivity contribution in [2.75, 3.05) is 53.9 Å².